The fraction of sp³-hybridized carbons (Fsp3) is 0.0909. The number of hydrogen-bond donors (Lipinski definition) is 1. The fourth-order valence-corrected chi connectivity index (χ4v) is 1.56. The summed E-state index contributed by atoms with van der Waals surface area (Å²) in [6.07, 6.45) is 3.35. The first-order chi connectivity index (χ1) is 7.70. The maximum absolute atomic E-state index is 8.80. The summed E-state index contributed by atoms with van der Waals surface area (Å²) in [5.74, 6) is 0.383. The molecule has 2 N–H and O–H groups in total. The van der Waals surface area contributed by atoms with Crippen molar-refractivity contribution >= 4 is 17.3 Å². The summed E-state index contributed by atoms with van der Waals surface area (Å²) >= 11 is 5.82. The molecule has 0 atom stereocenters. The Kier molecular flexibility index (Phi) is 2.80. The van der Waals surface area contributed by atoms with Gasteiger partial charge in [0.05, 0.1) is 10.7 Å². The first-order valence-electron chi connectivity index (χ1n) is 4.66. The zero-order chi connectivity index (χ0) is 11.5. The van der Waals surface area contributed by atoms with E-state index in [0.717, 1.165) is 5.56 Å². The van der Waals surface area contributed by atoms with Crippen molar-refractivity contribution in [2.24, 2.45) is 0 Å². The van der Waals surface area contributed by atoms with Gasteiger partial charge in [0.25, 0.3) is 0 Å². The summed E-state index contributed by atoms with van der Waals surface area (Å²) in [7, 11) is 0. The molecular formula is C11H9ClN4. The number of halogens is 1. The number of hydrogen-bond acceptors (Lipinski definition) is 3. The van der Waals surface area contributed by atoms with Crippen LogP contribution in [0.4, 0.5) is 5.69 Å². The Morgan fingerprint density at radius 2 is 2.31 bits per heavy atom. The molecule has 16 heavy (non-hydrogen) atoms. The molecule has 0 aliphatic heterocycles. The lowest BCUT2D eigenvalue weighted by Gasteiger charge is -2.05. The van der Waals surface area contributed by atoms with Crippen LogP contribution in [-0.4, -0.2) is 9.55 Å². The number of aromatic nitrogens is 2. The first-order valence-corrected chi connectivity index (χ1v) is 5.03. The molecule has 5 heteroatoms. The summed E-state index contributed by atoms with van der Waals surface area (Å²) in [4.78, 5) is 3.92. The number of nitrogen functional groups attached to an aromatic ring is 1. The minimum atomic E-state index is 0.383. The van der Waals surface area contributed by atoms with E-state index in [4.69, 9.17) is 22.6 Å². The van der Waals surface area contributed by atoms with Crippen molar-refractivity contribution in [1.29, 1.82) is 5.26 Å². The zero-order valence-electron chi connectivity index (χ0n) is 8.39. The molecular weight excluding hydrogens is 224 g/mol. The number of anilines is 1. The largest absolute Gasteiger partial charge is 0.398 e. The van der Waals surface area contributed by atoms with Gasteiger partial charge in [0, 0.05) is 18.9 Å². The van der Waals surface area contributed by atoms with Crippen molar-refractivity contribution in [2.75, 3.05) is 5.73 Å². The summed E-state index contributed by atoms with van der Waals surface area (Å²) in [5.41, 5.74) is 7.22. The van der Waals surface area contributed by atoms with E-state index < -0.39 is 0 Å². The summed E-state index contributed by atoms with van der Waals surface area (Å²) in [5, 5.41) is 9.34. The first kappa shape index (κ1) is 10.5. The Labute approximate surface area is 97.9 Å². The Morgan fingerprint density at radius 3 is 3.00 bits per heavy atom. The van der Waals surface area contributed by atoms with Crippen LogP contribution in [0.25, 0.3) is 0 Å². The van der Waals surface area contributed by atoms with Crippen LogP contribution in [0.15, 0.2) is 30.6 Å². The Hall–Kier alpha value is -1.99. The third kappa shape index (κ3) is 2.00. The molecule has 2 rings (SSSR count). The molecule has 0 amide bonds. The Morgan fingerprint density at radius 1 is 1.50 bits per heavy atom. The second-order valence-electron chi connectivity index (χ2n) is 3.35. The number of nitrogens with zero attached hydrogens (tertiary/aromatic N) is 3. The highest BCUT2D eigenvalue weighted by Crippen LogP contribution is 2.20. The zero-order valence-corrected chi connectivity index (χ0v) is 9.15. The quantitative estimate of drug-likeness (QED) is 0.806. The molecule has 4 nitrogen and oxygen atoms in total. The van der Waals surface area contributed by atoms with Crippen molar-refractivity contribution in [3.05, 3.63) is 47.0 Å². The minimum Gasteiger partial charge on any atom is -0.398 e. The number of benzene rings is 1. The predicted molar refractivity (Wildman–Crippen MR) is 61.9 cm³/mol. The predicted octanol–water partition coefficient (Wildman–Crippen LogP) is 2.04. The molecule has 1 aromatic heterocycles. The van der Waals surface area contributed by atoms with Crippen LogP contribution in [-0.2, 0) is 6.54 Å². The number of imidazole rings is 1. The lowest BCUT2D eigenvalue weighted by Crippen LogP contribution is -2.02. The fourth-order valence-electron chi connectivity index (χ4n) is 1.44. The van der Waals surface area contributed by atoms with Crippen molar-refractivity contribution in [1.82, 2.24) is 9.55 Å². The molecule has 2 aromatic rings. The molecule has 1 heterocycles. The van der Waals surface area contributed by atoms with Crippen LogP contribution in [0.3, 0.4) is 0 Å². The van der Waals surface area contributed by atoms with Gasteiger partial charge in [0.2, 0.25) is 5.82 Å². The molecule has 80 valence electrons. The van der Waals surface area contributed by atoms with Gasteiger partial charge in [-0.25, -0.2) is 4.98 Å². The standard InChI is InChI=1S/C11H9ClN4/c12-9-2-1-8(5-10(9)14)7-16-4-3-15-11(16)6-13/h1-5H,7,14H2. The van der Waals surface area contributed by atoms with Gasteiger partial charge in [0.1, 0.15) is 6.07 Å². The molecule has 0 bridgehead atoms. The topological polar surface area (TPSA) is 67.6 Å². The van der Waals surface area contributed by atoms with Gasteiger partial charge >= 0.3 is 0 Å². The molecule has 1 aromatic carbocycles. The van der Waals surface area contributed by atoms with Gasteiger partial charge in [-0.2, -0.15) is 5.26 Å². The molecule has 0 radical (unpaired) electrons. The van der Waals surface area contributed by atoms with Crippen molar-refractivity contribution in [3.8, 4) is 6.07 Å². The highest BCUT2D eigenvalue weighted by Gasteiger charge is 2.03. The van der Waals surface area contributed by atoms with E-state index in [1.165, 1.54) is 0 Å². The monoisotopic (exact) mass is 232 g/mol. The second kappa shape index (κ2) is 4.25. The molecule has 0 unspecified atom stereocenters. The van der Waals surface area contributed by atoms with Crippen molar-refractivity contribution in [3.63, 3.8) is 0 Å². The van der Waals surface area contributed by atoms with E-state index in [1.54, 1.807) is 29.1 Å². The maximum atomic E-state index is 8.80. The van der Waals surface area contributed by atoms with E-state index in [-0.39, 0.29) is 0 Å². The van der Waals surface area contributed by atoms with Crippen LogP contribution < -0.4 is 5.73 Å². The number of nitriles is 1. The van der Waals surface area contributed by atoms with Crippen LogP contribution >= 0.6 is 11.6 Å². The Bertz CT molecular complexity index is 553. The van der Waals surface area contributed by atoms with Crippen molar-refractivity contribution in [2.45, 2.75) is 6.54 Å². The summed E-state index contributed by atoms with van der Waals surface area (Å²) in [6.45, 7) is 0.560. The third-order valence-corrected chi connectivity index (χ3v) is 2.57. The maximum Gasteiger partial charge on any atom is 0.213 e. The van der Waals surface area contributed by atoms with Gasteiger partial charge in [-0.3, -0.25) is 0 Å². The SMILES string of the molecule is N#Cc1nccn1Cc1ccc(Cl)c(N)c1. The van der Waals surface area contributed by atoms with Crippen molar-refractivity contribution < 1.29 is 0 Å². The molecule has 0 saturated carbocycles. The lowest BCUT2D eigenvalue weighted by molar-refractivity contribution is 0.782. The van der Waals surface area contributed by atoms with Crippen LogP contribution in [0.2, 0.25) is 5.02 Å². The molecule has 0 saturated heterocycles. The van der Waals surface area contributed by atoms with Gasteiger partial charge in [-0.15, -0.1) is 0 Å². The highest BCUT2D eigenvalue weighted by molar-refractivity contribution is 6.33. The molecule has 0 aliphatic rings. The van der Waals surface area contributed by atoms with Gasteiger partial charge < -0.3 is 10.3 Å². The highest BCUT2D eigenvalue weighted by atomic mass is 35.5. The molecule has 0 fully saturated rings. The average molecular weight is 233 g/mol. The number of rotatable bonds is 2. The second-order valence-corrected chi connectivity index (χ2v) is 3.75. The summed E-state index contributed by atoms with van der Waals surface area (Å²) < 4.78 is 1.75. The van der Waals surface area contributed by atoms with E-state index in [9.17, 15) is 0 Å². The van der Waals surface area contributed by atoms with E-state index in [1.807, 2.05) is 12.1 Å². The number of nitrogens with two attached hydrogens (primary N) is 1. The Balaban J connectivity index is 2.28. The third-order valence-electron chi connectivity index (χ3n) is 2.23. The smallest absolute Gasteiger partial charge is 0.213 e. The molecule has 0 aliphatic carbocycles. The van der Waals surface area contributed by atoms with Crippen LogP contribution in [0.1, 0.15) is 11.4 Å². The van der Waals surface area contributed by atoms with Gasteiger partial charge in [0.15, 0.2) is 0 Å². The van der Waals surface area contributed by atoms with E-state index in [0.29, 0.717) is 23.1 Å². The van der Waals surface area contributed by atoms with Gasteiger partial charge in [-0.1, -0.05) is 17.7 Å². The lowest BCUT2D eigenvalue weighted by atomic mass is 10.2. The van der Waals surface area contributed by atoms with Crippen LogP contribution in [0.5, 0.6) is 0 Å². The average Bonchev–Trinajstić information content (AvgIpc) is 2.71. The van der Waals surface area contributed by atoms with Crippen LogP contribution in [0, 0.1) is 11.3 Å². The summed E-state index contributed by atoms with van der Waals surface area (Å²) in [6, 6.07) is 7.43. The molecule has 0 spiro atoms. The van der Waals surface area contributed by atoms with E-state index in [2.05, 4.69) is 4.98 Å². The van der Waals surface area contributed by atoms with E-state index >= 15 is 0 Å². The van der Waals surface area contributed by atoms with Gasteiger partial charge in [-0.05, 0) is 17.7 Å². The minimum absolute atomic E-state index is 0.383. The normalized spacial score (nSPS) is 10.0.